The topological polar surface area (TPSA) is 98.2 Å². The molecule has 3 heterocycles. The highest BCUT2D eigenvalue weighted by atomic mass is 35.5. The summed E-state index contributed by atoms with van der Waals surface area (Å²) < 4.78 is 0. The van der Waals surface area contributed by atoms with E-state index in [1.807, 2.05) is 12.4 Å². The molecule has 1 saturated carbocycles. The molecular weight excluding hydrogens is 438 g/mol. The molecule has 0 spiro atoms. The Hall–Kier alpha value is -2.00. The largest absolute Gasteiger partial charge is 0.393 e. The van der Waals surface area contributed by atoms with Gasteiger partial charge in [0, 0.05) is 57.7 Å². The Bertz CT molecular complexity index is 837. The lowest BCUT2D eigenvalue weighted by Gasteiger charge is -2.27. The van der Waals surface area contributed by atoms with Crippen molar-refractivity contribution >= 4 is 24.2 Å². The molecule has 2 aromatic heterocycles. The Morgan fingerprint density at radius 1 is 1.09 bits per heavy atom. The molecule has 9 heteroatoms. The fourth-order valence-electron chi connectivity index (χ4n) is 4.36. The second-order valence-electron chi connectivity index (χ2n) is 8.96. The first-order valence-electron chi connectivity index (χ1n) is 12.1. The van der Waals surface area contributed by atoms with Gasteiger partial charge >= 0.3 is 0 Å². The summed E-state index contributed by atoms with van der Waals surface area (Å²) in [4.78, 5) is 16.6. The van der Waals surface area contributed by atoms with E-state index in [1.165, 1.54) is 5.56 Å². The molecule has 1 aliphatic heterocycles. The van der Waals surface area contributed by atoms with E-state index in [9.17, 15) is 5.11 Å². The monoisotopic (exact) mass is 475 g/mol. The van der Waals surface area contributed by atoms with E-state index in [4.69, 9.17) is 9.97 Å². The lowest BCUT2D eigenvalue weighted by molar-refractivity contribution is 0.126. The lowest BCUT2D eigenvalue weighted by atomic mass is 9.93. The quantitative estimate of drug-likeness (QED) is 0.410. The first-order valence-corrected chi connectivity index (χ1v) is 12.1. The van der Waals surface area contributed by atoms with Gasteiger partial charge < -0.3 is 21.1 Å². The molecule has 8 nitrogen and oxygen atoms in total. The third-order valence-electron chi connectivity index (χ3n) is 6.36. The number of aliphatic hydroxyl groups is 1. The van der Waals surface area contributed by atoms with Crippen LogP contribution in [0.25, 0.3) is 11.3 Å². The highest BCUT2D eigenvalue weighted by molar-refractivity contribution is 5.85. The average molecular weight is 476 g/mol. The molecule has 182 valence electrons. The minimum atomic E-state index is -0.172. The third kappa shape index (κ3) is 7.50. The van der Waals surface area contributed by atoms with Gasteiger partial charge in [0.1, 0.15) is 5.82 Å². The second-order valence-corrected chi connectivity index (χ2v) is 8.96. The van der Waals surface area contributed by atoms with Crippen LogP contribution in [0.2, 0.25) is 0 Å². The van der Waals surface area contributed by atoms with Gasteiger partial charge in [0.25, 0.3) is 0 Å². The van der Waals surface area contributed by atoms with Gasteiger partial charge in [0.2, 0.25) is 5.95 Å². The van der Waals surface area contributed by atoms with Crippen LogP contribution in [-0.2, 0) is 6.54 Å². The maximum atomic E-state index is 9.85. The highest BCUT2D eigenvalue weighted by Gasteiger charge is 2.21. The number of aromatic nitrogens is 3. The van der Waals surface area contributed by atoms with E-state index in [-0.39, 0.29) is 18.5 Å². The Morgan fingerprint density at radius 3 is 2.58 bits per heavy atom. The zero-order valence-electron chi connectivity index (χ0n) is 19.6. The Morgan fingerprint density at radius 2 is 1.88 bits per heavy atom. The number of nitrogens with one attached hydrogen (secondary N) is 3. The number of anilines is 2. The normalized spacial score (nSPS) is 21.3. The van der Waals surface area contributed by atoms with E-state index >= 15 is 0 Å². The number of rotatable bonds is 9. The molecule has 2 fully saturated rings. The Kier molecular flexibility index (Phi) is 10.1. The standard InChI is InChI=1S/C24H37N7O.ClH/c1-2-3-10-26-24-28-16-21(23(30-24)29-19-5-7-20(32)8-6-19)22-9-4-18(15-27-22)17-31-13-11-25-12-14-31;/h4,9,15-16,19-20,25,32H,2-3,5-8,10-14,17H2,1H3,(H2,26,28,29,30);1H. The van der Waals surface area contributed by atoms with Crippen molar-refractivity contribution in [3.63, 3.8) is 0 Å². The predicted molar refractivity (Wildman–Crippen MR) is 136 cm³/mol. The zero-order valence-corrected chi connectivity index (χ0v) is 20.4. The summed E-state index contributed by atoms with van der Waals surface area (Å²) in [5.41, 5.74) is 3.03. The molecule has 2 aliphatic rings. The second kappa shape index (κ2) is 13.0. The summed E-state index contributed by atoms with van der Waals surface area (Å²) in [5.74, 6) is 1.47. The summed E-state index contributed by atoms with van der Waals surface area (Å²) >= 11 is 0. The van der Waals surface area contributed by atoms with Crippen molar-refractivity contribution in [2.24, 2.45) is 0 Å². The number of hydrogen-bond donors (Lipinski definition) is 4. The van der Waals surface area contributed by atoms with Crippen molar-refractivity contribution in [3.05, 3.63) is 30.1 Å². The van der Waals surface area contributed by atoms with Crippen LogP contribution in [0.1, 0.15) is 51.0 Å². The van der Waals surface area contributed by atoms with E-state index < -0.39 is 0 Å². The molecule has 0 unspecified atom stereocenters. The van der Waals surface area contributed by atoms with Gasteiger partial charge in [-0.3, -0.25) is 9.88 Å². The molecule has 4 rings (SSSR count). The summed E-state index contributed by atoms with van der Waals surface area (Å²) in [6.07, 6.45) is 9.45. The fourth-order valence-corrected chi connectivity index (χ4v) is 4.36. The van der Waals surface area contributed by atoms with Crippen molar-refractivity contribution in [1.82, 2.24) is 25.2 Å². The van der Waals surface area contributed by atoms with E-state index in [2.05, 4.69) is 44.9 Å². The smallest absolute Gasteiger partial charge is 0.224 e. The van der Waals surface area contributed by atoms with Gasteiger partial charge in [0.15, 0.2) is 0 Å². The van der Waals surface area contributed by atoms with Crippen molar-refractivity contribution in [1.29, 1.82) is 0 Å². The van der Waals surface area contributed by atoms with Gasteiger partial charge in [-0.05, 0) is 43.7 Å². The van der Waals surface area contributed by atoms with Gasteiger partial charge in [-0.25, -0.2) is 4.98 Å². The first kappa shape index (κ1) is 25.6. The van der Waals surface area contributed by atoms with Crippen LogP contribution >= 0.6 is 12.4 Å². The van der Waals surface area contributed by atoms with Gasteiger partial charge in [-0.15, -0.1) is 12.4 Å². The number of unbranched alkanes of at least 4 members (excludes halogenated alkanes) is 1. The number of pyridine rings is 1. The van der Waals surface area contributed by atoms with Crippen molar-refractivity contribution < 1.29 is 5.11 Å². The van der Waals surface area contributed by atoms with Crippen molar-refractivity contribution in [3.8, 4) is 11.3 Å². The van der Waals surface area contributed by atoms with Crippen molar-refractivity contribution in [2.75, 3.05) is 43.4 Å². The predicted octanol–water partition coefficient (Wildman–Crippen LogP) is 3.29. The van der Waals surface area contributed by atoms with Crippen LogP contribution in [0.15, 0.2) is 24.5 Å². The lowest BCUT2D eigenvalue weighted by Crippen LogP contribution is -2.42. The number of halogens is 1. The van der Waals surface area contributed by atoms with Crippen LogP contribution in [-0.4, -0.2) is 69.8 Å². The number of hydrogen-bond acceptors (Lipinski definition) is 8. The summed E-state index contributed by atoms with van der Waals surface area (Å²) in [7, 11) is 0. The fraction of sp³-hybridized carbons (Fsp3) is 0.625. The molecule has 1 aliphatic carbocycles. The average Bonchev–Trinajstić information content (AvgIpc) is 2.82. The summed E-state index contributed by atoms with van der Waals surface area (Å²) in [5, 5.41) is 20.2. The number of nitrogens with zero attached hydrogens (tertiary/aromatic N) is 4. The molecule has 0 amide bonds. The van der Waals surface area contributed by atoms with Crippen LogP contribution in [0.3, 0.4) is 0 Å². The molecule has 33 heavy (non-hydrogen) atoms. The molecule has 0 aromatic carbocycles. The summed E-state index contributed by atoms with van der Waals surface area (Å²) in [6.45, 7) is 8.22. The van der Waals surface area contributed by atoms with Crippen LogP contribution < -0.4 is 16.0 Å². The highest BCUT2D eigenvalue weighted by Crippen LogP contribution is 2.29. The van der Waals surface area contributed by atoms with Gasteiger partial charge in [-0.2, -0.15) is 4.98 Å². The molecule has 0 radical (unpaired) electrons. The van der Waals surface area contributed by atoms with Crippen LogP contribution in [0.5, 0.6) is 0 Å². The molecule has 1 saturated heterocycles. The van der Waals surface area contributed by atoms with Gasteiger partial charge in [-0.1, -0.05) is 19.4 Å². The first-order chi connectivity index (χ1) is 15.7. The third-order valence-corrected chi connectivity index (χ3v) is 6.36. The maximum absolute atomic E-state index is 9.85. The maximum Gasteiger partial charge on any atom is 0.224 e. The van der Waals surface area contributed by atoms with Gasteiger partial charge in [0.05, 0.1) is 17.4 Å². The SMILES string of the molecule is CCCCNc1ncc(-c2ccc(CN3CCNCC3)cn2)c(NC2CCC(O)CC2)n1.Cl. The number of piperazine rings is 1. The van der Waals surface area contributed by atoms with E-state index in [1.54, 1.807) is 0 Å². The molecule has 4 N–H and O–H groups in total. The van der Waals surface area contributed by atoms with Crippen LogP contribution in [0.4, 0.5) is 11.8 Å². The minimum Gasteiger partial charge on any atom is -0.393 e. The molecule has 0 bridgehead atoms. The Balaban J connectivity index is 0.00000306. The summed E-state index contributed by atoms with van der Waals surface area (Å²) in [6, 6.07) is 4.55. The van der Waals surface area contributed by atoms with E-state index in [0.717, 1.165) is 94.9 Å². The number of aliphatic hydroxyl groups excluding tert-OH is 1. The van der Waals surface area contributed by atoms with E-state index in [0.29, 0.717) is 12.0 Å². The minimum absolute atomic E-state index is 0. The molecule has 0 atom stereocenters. The molecule has 2 aromatic rings. The molecular formula is C24H38ClN7O. The van der Waals surface area contributed by atoms with Crippen LogP contribution in [0, 0.1) is 0 Å². The van der Waals surface area contributed by atoms with Crippen molar-refractivity contribution in [2.45, 2.75) is 64.1 Å². The Labute approximate surface area is 203 Å². The zero-order chi connectivity index (χ0) is 22.2.